The second-order valence-corrected chi connectivity index (χ2v) is 9.62. The van der Waals surface area contributed by atoms with Crippen molar-refractivity contribution < 1.29 is 4.79 Å². The molecule has 2 aromatic heterocycles. The third-order valence-electron chi connectivity index (χ3n) is 5.10. The monoisotopic (exact) mass is 483 g/mol. The summed E-state index contributed by atoms with van der Waals surface area (Å²) in [5.41, 5.74) is 3.83. The Balaban J connectivity index is 1.34. The zero-order valence-corrected chi connectivity index (χ0v) is 20.0. The maximum Gasteiger partial charge on any atom is 0.236 e. The first-order valence-corrected chi connectivity index (χ1v) is 12.5. The van der Waals surface area contributed by atoms with Gasteiger partial charge in [0.2, 0.25) is 5.91 Å². The van der Waals surface area contributed by atoms with Crippen molar-refractivity contribution >= 4 is 34.1 Å². The molecule has 0 atom stereocenters. The number of rotatable bonds is 7. The lowest BCUT2D eigenvalue weighted by atomic mass is 10.1. The highest BCUT2D eigenvalue weighted by Crippen LogP contribution is 2.31. The van der Waals surface area contributed by atoms with Gasteiger partial charge in [-0.1, -0.05) is 90.6 Å². The highest BCUT2D eigenvalue weighted by Gasteiger charge is 2.18. The van der Waals surface area contributed by atoms with E-state index in [-0.39, 0.29) is 11.7 Å². The first kappa shape index (κ1) is 22.1. The fraction of sp³-hybridized carbons (Fsp3) is 0.0769. The number of para-hydroxylation sites is 1. The van der Waals surface area contributed by atoms with Gasteiger partial charge in [-0.25, -0.2) is 4.98 Å². The molecule has 0 bridgehead atoms. The van der Waals surface area contributed by atoms with Crippen LogP contribution in [0.3, 0.4) is 0 Å². The predicted octanol–water partition coefficient (Wildman–Crippen LogP) is 6.10. The number of anilines is 1. The molecule has 168 valence electrons. The molecule has 34 heavy (non-hydrogen) atoms. The number of thioether (sulfide) groups is 1. The van der Waals surface area contributed by atoms with Gasteiger partial charge in [0, 0.05) is 21.7 Å². The van der Waals surface area contributed by atoms with E-state index in [0.717, 1.165) is 33.2 Å². The van der Waals surface area contributed by atoms with Crippen LogP contribution in [0.5, 0.6) is 0 Å². The summed E-state index contributed by atoms with van der Waals surface area (Å²) >= 11 is 2.82. The van der Waals surface area contributed by atoms with E-state index in [4.69, 9.17) is 0 Å². The smallest absolute Gasteiger partial charge is 0.236 e. The van der Waals surface area contributed by atoms with Crippen LogP contribution < -0.4 is 5.32 Å². The number of hydrogen-bond acceptors (Lipinski definition) is 6. The van der Waals surface area contributed by atoms with Gasteiger partial charge in [0.15, 0.2) is 16.1 Å². The number of aromatic nitrogens is 4. The van der Waals surface area contributed by atoms with E-state index in [1.165, 1.54) is 23.1 Å². The van der Waals surface area contributed by atoms with Crippen LogP contribution in [0, 0.1) is 6.92 Å². The van der Waals surface area contributed by atoms with E-state index in [1.54, 1.807) is 0 Å². The van der Waals surface area contributed by atoms with Crippen LogP contribution in [0.4, 0.5) is 5.13 Å². The first-order valence-electron chi connectivity index (χ1n) is 10.7. The maximum absolute atomic E-state index is 12.7. The molecule has 6 nitrogen and oxygen atoms in total. The topological polar surface area (TPSA) is 72.7 Å². The van der Waals surface area contributed by atoms with Crippen LogP contribution in [0.2, 0.25) is 0 Å². The molecule has 8 heteroatoms. The summed E-state index contributed by atoms with van der Waals surface area (Å²) in [6.07, 6.45) is 0. The van der Waals surface area contributed by atoms with Crippen molar-refractivity contribution in [3.8, 4) is 28.3 Å². The minimum atomic E-state index is -0.137. The van der Waals surface area contributed by atoms with Gasteiger partial charge < -0.3 is 5.32 Å². The fourth-order valence-electron chi connectivity index (χ4n) is 3.55. The van der Waals surface area contributed by atoms with Crippen LogP contribution in [0.1, 0.15) is 4.88 Å². The van der Waals surface area contributed by atoms with Crippen LogP contribution in [0.25, 0.3) is 28.3 Å². The molecule has 0 radical (unpaired) electrons. The molecule has 5 rings (SSSR count). The van der Waals surface area contributed by atoms with Gasteiger partial charge >= 0.3 is 0 Å². The molecule has 0 spiro atoms. The molecule has 2 heterocycles. The molecule has 0 aliphatic heterocycles. The minimum Gasteiger partial charge on any atom is -0.301 e. The van der Waals surface area contributed by atoms with E-state index in [9.17, 15) is 4.79 Å². The first-order chi connectivity index (χ1) is 16.7. The Hall–Kier alpha value is -3.75. The van der Waals surface area contributed by atoms with Crippen LogP contribution in [0.15, 0.2) is 96.2 Å². The molecule has 0 saturated heterocycles. The number of amides is 1. The number of thiazole rings is 1. The fourth-order valence-corrected chi connectivity index (χ4v) is 5.15. The SMILES string of the molecule is Cc1sc(NC(=O)CSc2nnc(-c3ccccc3)n2-c2ccccc2)nc1-c1ccccc1. The molecule has 0 aliphatic carbocycles. The van der Waals surface area contributed by atoms with E-state index in [0.29, 0.717) is 10.3 Å². The number of aryl methyl sites for hydroxylation is 1. The Morgan fingerprint density at radius 1 is 0.882 bits per heavy atom. The van der Waals surface area contributed by atoms with Crippen molar-refractivity contribution in [3.63, 3.8) is 0 Å². The number of benzene rings is 3. The summed E-state index contributed by atoms with van der Waals surface area (Å²) < 4.78 is 1.98. The van der Waals surface area contributed by atoms with E-state index in [2.05, 4.69) is 20.5 Å². The molecule has 0 saturated carbocycles. The Morgan fingerprint density at radius 2 is 1.50 bits per heavy atom. The summed E-state index contributed by atoms with van der Waals surface area (Å²) in [5.74, 6) is 0.791. The summed E-state index contributed by atoms with van der Waals surface area (Å²) in [6, 6.07) is 29.8. The van der Waals surface area contributed by atoms with Crippen molar-refractivity contribution in [2.45, 2.75) is 12.1 Å². The standard InChI is InChI=1S/C26H21N5OS2/c1-18-23(19-11-5-2-6-12-19)28-25(34-18)27-22(32)17-33-26-30-29-24(20-13-7-3-8-14-20)31(26)21-15-9-4-10-16-21/h2-16H,17H2,1H3,(H,27,28,32). The summed E-state index contributed by atoms with van der Waals surface area (Å²) in [4.78, 5) is 18.4. The zero-order valence-electron chi connectivity index (χ0n) is 18.4. The van der Waals surface area contributed by atoms with Crippen molar-refractivity contribution in [3.05, 3.63) is 95.9 Å². The van der Waals surface area contributed by atoms with Crippen molar-refractivity contribution in [1.29, 1.82) is 0 Å². The summed E-state index contributed by atoms with van der Waals surface area (Å²) in [7, 11) is 0. The molecular formula is C26H21N5OS2. The maximum atomic E-state index is 12.7. The molecule has 0 unspecified atom stereocenters. The Bertz CT molecular complexity index is 1400. The number of carbonyl (C=O) groups excluding carboxylic acids is 1. The largest absolute Gasteiger partial charge is 0.301 e. The van der Waals surface area contributed by atoms with Crippen LogP contribution in [-0.2, 0) is 4.79 Å². The van der Waals surface area contributed by atoms with Gasteiger partial charge in [-0.3, -0.25) is 9.36 Å². The molecular weight excluding hydrogens is 462 g/mol. The predicted molar refractivity (Wildman–Crippen MR) is 138 cm³/mol. The lowest BCUT2D eigenvalue weighted by Gasteiger charge is -2.10. The Kier molecular flexibility index (Phi) is 6.51. The van der Waals surface area contributed by atoms with Crippen molar-refractivity contribution in [2.75, 3.05) is 11.1 Å². The third kappa shape index (κ3) is 4.78. The molecule has 5 aromatic rings. The second kappa shape index (κ2) is 10.0. The Labute approximate surface area is 205 Å². The number of nitrogens with zero attached hydrogens (tertiary/aromatic N) is 4. The van der Waals surface area contributed by atoms with Crippen molar-refractivity contribution in [1.82, 2.24) is 19.7 Å². The molecule has 0 fully saturated rings. The van der Waals surface area contributed by atoms with Gasteiger partial charge in [0.25, 0.3) is 0 Å². The molecule has 0 aliphatic rings. The number of nitrogens with one attached hydrogen (secondary N) is 1. The van der Waals surface area contributed by atoms with Crippen LogP contribution in [-0.4, -0.2) is 31.4 Å². The van der Waals surface area contributed by atoms with E-state index >= 15 is 0 Å². The highest BCUT2D eigenvalue weighted by atomic mass is 32.2. The highest BCUT2D eigenvalue weighted by molar-refractivity contribution is 7.99. The van der Waals surface area contributed by atoms with Gasteiger partial charge in [-0.15, -0.1) is 21.5 Å². The third-order valence-corrected chi connectivity index (χ3v) is 6.92. The normalized spacial score (nSPS) is 10.9. The van der Waals surface area contributed by atoms with Gasteiger partial charge in [-0.05, 0) is 19.1 Å². The van der Waals surface area contributed by atoms with Gasteiger partial charge in [-0.2, -0.15) is 0 Å². The van der Waals surface area contributed by atoms with Crippen LogP contribution >= 0.6 is 23.1 Å². The average Bonchev–Trinajstić information content (AvgIpc) is 3.47. The zero-order chi connectivity index (χ0) is 23.3. The number of carbonyl (C=O) groups is 1. The second-order valence-electron chi connectivity index (χ2n) is 7.47. The lowest BCUT2D eigenvalue weighted by Crippen LogP contribution is -2.14. The van der Waals surface area contributed by atoms with Gasteiger partial charge in [0.1, 0.15) is 0 Å². The van der Waals surface area contributed by atoms with Crippen molar-refractivity contribution in [2.24, 2.45) is 0 Å². The average molecular weight is 484 g/mol. The molecule has 1 N–H and O–H groups in total. The van der Waals surface area contributed by atoms with E-state index in [1.807, 2.05) is 102 Å². The minimum absolute atomic E-state index is 0.137. The summed E-state index contributed by atoms with van der Waals surface area (Å²) in [6.45, 7) is 2.01. The quantitative estimate of drug-likeness (QED) is 0.283. The summed E-state index contributed by atoms with van der Waals surface area (Å²) in [5, 5.41) is 13.0. The Morgan fingerprint density at radius 3 is 2.18 bits per heavy atom. The molecule has 3 aromatic carbocycles. The molecule has 1 amide bonds. The van der Waals surface area contributed by atoms with E-state index < -0.39 is 0 Å². The number of hydrogen-bond donors (Lipinski definition) is 1. The van der Waals surface area contributed by atoms with Gasteiger partial charge in [0.05, 0.1) is 11.4 Å². The lowest BCUT2D eigenvalue weighted by molar-refractivity contribution is -0.113.